The Balaban J connectivity index is 0.00000280. The molecule has 3 aromatic heterocycles. The van der Waals surface area contributed by atoms with E-state index >= 15 is 4.39 Å². The number of aromatic nitrogens is 4. The second-order valence-electron chi connectivity index (χ2n) is 9.41. The third-order valence-electron chi connectivity index (χ3n) is 6.60. The van der Waals surface area contributed by atoms with Crippen LogP contribution in [-0.4, -0.2) is 37.0 Å². The highest BCUT2D eigenvalue weighted by molar-refractivity contribution is 5.98. The van der Waals surface area contributed by atoms with E-state index in [-0.39, 0.29) is 35.1 Å². The third kappa shape index (κ3) is 3.98. The van der Waals surface area contributed by atoms with Gasteiger partial charge in [-0.05, 0) is 32.4 Å². The van der Waals surface area contributed by atoms with E-state index in [9.17, 15) is 18.7 Å². The van der Waals surface area contributed by atoms with E-state index in [4.69, 9.17) is 4.74 Å². The summed E-state index contributed by atoms with van der Waals surface area (Å²) in [6.07, 6.45) is 4.82. The van der Waals surface area contributed by atoms with Gasteiger partial charge in [0.2, 0.25) is 0 Å². The van der Waals surface area contributed by atoms with Crippen molar-refractivity contribution in [2.75, 3.05) is 0 Å². The molecule has 4 aromatic rings. The normalized spacial score (nSPS) is 18.2. The van der Waals surface area contributed by atoms with Gasteiger partial charge in [0.1, 0.15) is 22.8 Å². The number of nitrogens with one attached hydrogen (secondary N) is 1. The van der Waals surface area contributed by atoms with E-state index in [1.807, 2.05) is 0 Å². The summed E-state index contributed by atoms with van der Waals surface area (Å²) in [4.78, 5) is 25.8. The summed E-state index contributed by atoms with van der Waals surface area (Å²) >= 11 is 0. The maximum atomic E-state index is 15.2. The molecule has 6 rings (SSSR count). The smallest absolute Gasteiger partial charge is 0.387 e. The number of imidazole rings is 1. The van der Waals surface area contributed by atoms with Crippen LogP contribution in [0.15, 0.2) is 42.9 Å². The van der Waals surface area contributed by atoms with Crippen LogP contribution in [0.25, 0.3) is 16.8 Å². The van der Waals surface area contributed by atoms with Crippen LogP contribution in [0.1, 0.15) is 65.4 Å². The van der Waals surface area contributed by atoms with Gasteiger partial charge >= 0.3 is 6.61 Å². The lowest BCUT2D eigenvalue weighted by Gasteiger charge is -2.19. The first-order chi connectivity index (χ1) is 17.1. The highest BCUT2D eigenvalue weighted by atomic mass is 35.5. The maximum absolute atomic E-state index is 15.2. The molecule has 8 nitrogen and oxygen atoms in total. The predicted molar refractivity (Wildman–Crippen MR) is 128 cm³/mol. The highest BCUT2D eigenvalue weighted by Crippen LogP contribution is 2.50. The number of nitrogens with zero attached hydrogens (tertiary/aromatic N) is 4. The summed E-state index contributed by atoms with van der Waals surface area (Å²) in [5.41, 5.74) is 1.46. The average molecular weight is 532 g/mol. The van der Waals surface area contributed by atoms with Gasteiger partial charge in [-0.3, -0.25) is 4.79 Å². The molecule has 1 amide bonds. The molecule has 2 atom stereocenters. The zero-order valence-corrected chi connectivity index (χ0v) is 20.4. The third-order valence-corrected chi connectivity index (χ3v) is 6.60. The number of hydrogen-bond donors (Lipinski definition) is 2. The van der Waals surface area contributed by atoms with E-state index in [2.05, 4.69) is 20.3 Å². The van der Waals surface area contributed by atoms with Gasteiger partial charge in [0.25, 0.3) is 5.91 Å². The Labute approximate surface area is 214 Å². The number of pyridine rings is 1. The maximum Gasteiger partial charge on any atom is 0.387 e. The Morgan fingerprint density at radius 1 is 1.22 bits per heavy atom. The average Bonchev–Trinajstić information content (AvgIpc) is 3.29. The van der Waals surface area contributed by atoms with Crippen molar-refractivity contribution in [3.63, 3.8) is 0 Å². The molecule has 12 heteroatoms. The summed E-state index contributed by atoms with van der Waals surface area (Å²) in [5, 5.41) is 13.0. The lowest BCUT2D eigenvalue weighted by atomic mass is 9.91. The Bertz CT molecular complexity index is 1540. The molecular weight excluding hydrogens is 511 g/mol. The molecule has 37 heavy (non-hydrogen) atoms. The van der Waals surface area contributed by atoms with Crippen LogP contribution in [0.2, 0.25) is 0 Å². The van der Waals surface area contributed by atoms with Crippen LogP contribution in [0.5, 0.6) is 5.75 Å². The molecule has 1 aromatic carbocycles. The first-order valence-corrected chi connectivity index (χ1v) is 11.3. The zero-order chi connectivity index (χ0) is 25.4. The fourth-order valence-electron chi connectivity index (χ4n) is 5.08. The molecule has 0 spiro atoms. The minimum Gasteiger partial charge on any atom is -0.434 e. The number of benzene rings is 1. The fraction of sp³-hybridized carbons (Fsp3) is 0.280. The van der Waals surface area contributed by atoms with Crippen LogP contribution in [0, 0.1) is 5.82 Å². The quantitative estimate of drug-likeness (QED) is 0.402. The molecular formula is C25H21ClF3N5O3. The Hall–Kier alpha value is -3.70. The minimum atomic E-state index is -3.06. The van der Waals surface area contributed by atoms with Crippen molar-refractivity contribution >= 4 is 24.0 Å². The number of amides is 1. The summed E-state index contributed by atoms with van der Waals surface area (Å²) in [5.74, 6) is -1.34. The van der Waals surface area contributed by atoms with Crippen molar-refractivity contribution in [1.82, 2.24) is 24.7 Å². The molecule has 2 N–H and O–H groups in total. The molecule has 0 radical (unpaired) electrons. The number of rotatable bonds is 4. The van der Waals surface area contributed by atoms with Gasteiger partial charge < -0.3 is 19.6 Å². The van der Waals surface area contributed by atoms with Gasteiger partial charge in [0, 0.05) is 52.8 Å². The molecule has 0 unspecified atom stereocenters. The van der Waals surface area contributed by atoms with E-state index < -0.39 is 35.9 Å². The fourth-order valence-corrected chi connectivity index (χ4v) is 5.08. The van der Waals surface area contributed by atoms with Crippen molar-refractivity contribution in [3.05, 3.63) is 77.0 Å². The van der Waals surface area contributed by atoms with Crippen LogP contribution >= 0.6 is 12.4 Å². The number of halogens is 4. The largest absolute Gasteiger partial charge is 0.434 e. The van der Waals surface area contributed by atoms with Crippen molar-refractivity contribution in [1.29, 1.82) is 0 Å². The second-order valence-corrected chi connectivity index (χ2v) is 9.41. The summed E-state index contributed by atoms with van der Waals surface area (Å²) in [6.45, 7) is 0.0357. The second kappa shape index (κ2) is 8.70. The number of fused-ring (bicyclic) bond motifs is 9. The van der Waals surface area contributed by atoms with Crippen molar-refractivity contribution in [2.45, 2.75) is 44.4 Å². The SMILES string of the molecule is CC(C)(O)c1ncc(-c2cn3c4c(nc3cc2F)[C@H]2C[C@@H]4c3c(OC(F)F)cccc3C(=O)N2)cn1.Cl. The van der Waals surface area contributed by atoms with E-state index in [0.29, 0.717) is 34.6 Å². The Kier molecular flexibility index (Phi) is 5.87. The lowest BCUT2D eigenvalue weighted by Crippen LogP contribution is -2.27. The molecule has 2 aliphatic rings. The molecule has 192 valence electrons. The summed E-state index contributed by atoms with van der Waals surface area (Å²) in [6, 6.07) is 5.28. The first kappa shape index (κ1) is 25.0. The first-order valence-electron chi connectivity index (χ1n) is 11.3. The van der Waals surface area contributed by atoms with Crippen molar-refractivity contribution in [2.24, 2.45) is 0 Å². The van der Waals surface area contributed by atoms with Gasteiger partial charge in [-0.1, -0.05) is 6.07 Å². The molecule has 0 saturated carbocycles. The minimum absolute atomic E-state index is 0. The molecule has 1 aliphatic carbocycles. The topological polar surface area (TPSA) is 102 Å². The van der Waals surface area contributed by atoms with Gasteiger partial charge in [-0.15, -0.1) is 12.4 Å². The molecule has 4 heterocycles. The van der Waals surface area contributed by atoms with E-state index in [1.54, 1.807) is 30.5 Å². The molecule has 0 fully saturated rings. The standard InChI is InChI=1S/C25H20F3N5O3.ClH/c1-25(2,35)23-29-8-11(9-30-23)14-10-33-18(7-15(14)26)32-20-16-6-13(21(20)33)19-12(22(34)31-16)4-3-5-17(19)36-24(27)28;/h3-5,7-10,13,16,24,35H,6H2,1-2H3,(H,31,34);1H/t13-,16-;/m1./s1. The molecule has 0 saturated heterocycles. The lowest BCUT2D eigenvalue weighted by molar-refractivity contribution is -0.0506. The van der Waals surface area contributed by atoms with Gasteiger partial charge in [0.15, 0.2) is 5.82 Å². The summed E-state index contributed by atoms with van der Waals surface area (Å²) < 4.78 is 48.0. The van der Waals surface area contributed by atoms with Gasteiger partial charge in [-0.25, -0.2) is 19.3 Å². The Morgan fingerprint density at radius 2 is 1.95 bits per heavy atom. The van der Waals surface area contributed by atoms with Crippen LogP contribution in [0.4, 0.5) is 13.2 Å². The van der Waals surface area contributed by atoms with Crippen LogP contribution in [-0.2, 0) is 5.60 Å². The number of alkyl halides is 2. The van der Waals surface area contributed by atoms with Gasteiger partial charge in [-0.2, -0.15) is 8.78 Å². The number of aliphatic hydroxyl groups is 1. The predicted octanol–water partition coefficient (Wildman–Crippen LogP) is 4.50. The number of carbonyl (C=O) groups excluding carboxylic acids is 1. The Morgan fingerprint density at radius 3 is 2.62 bits per heavy atom. The zero-order valence-electron chi connectivity index (χ0n) is 19.6. The van der Waals surface area contributed by atoms with E-state index in [0.717, 1.165) is 0 Å². The van der Waals surface area contributed by atoms with Crippen molar-refractivity contribution < 1.29 is 27.8 Å². The van der Waals surface area contributed by atoms with Crippen LogP contribution < -0.4 is 10.1 Å². The number of carbonyl (C=O) groups is 1. The highest BCUT2D eigenvalue weighted by Gasteiger charge is 2.43. The molecule has 2 bridgehead atoms. The van der Waals surface area contributed by atoms with E-state index in [1.165, 1.54) is 30.6 Å². The summed E-state index contributed by atoms with van der Waals surface area (Å²) in [7, 11) is 0. The number of hydrogen-bond acceptors (Lipinski definition) is 6. The molecule has 1 aliphatic heterocycles. The monoisotopic (exact) mass is 531 g/mol. The van der Waals surface area contributed by atoms with Crippen molar-refractivity contribution in [3.8, 4) is 16.9 Å². The van der Waals surface area contributed by atoms with Gasteiger partial charge in [0.05, 0.1) is 17.4 Å². The van der Waals surface area contributed by atoms with Crippen LogP contribution in [0.3, 0.4) is 0 Å². The number of ether oxygens (including phenoxy) is 1.